The summed E-state index contributed by atoms with van der Waals surface area (Å²) in [6, 6.07) is 0. The van der Waals surface area contributed by atoms with E-state index in [2.05, 4.69) is 167 Å². The molecule has 0 radical (unpaired) electrons. The molecule has 6 nitrogen and oxygen atoms in total. The second-order valence-electron chi connectivity index (χ2n) is 21.6. The fourth-order valence-electron chi connectivity index (χ4n) is 8.93. The van der Waals surface area contributed by atoms with Gasteiger partial charge in [-0.15, -0.1) is 0 Å². The van der Waals surface area contributed by atoms with Crippen molar-refractivity contribution in [2.75, 3.05) is 13.2 Å². The molecule has 0 bridgehead atoms. The lowest BCUT2D eigenvalue weighted by atomic mass is 10.0. The van der Waals surface area contributed by atoms with Crippen LogP contribution in [0.15, 0.2) is 146 Å². The quantitative estimate of drug-likeness (QED) is 0.0261. The van der Waals surface area contributed by atoms with E-state index in [1.54, 1.807) is 0 Å². The van der Waals surface area contributed by atoms with Gasteiger partial charge in [0, 0.05) is 19.3 Å². The number of hydrogen-bond donors (Lipinski definition) is 0. The summed E-state index contributed by atoms with van der Waals surface area (Å²) < 4.78 is 16.9. The maximum absolute atomic E-state index is 12.9. The third-order valence-corrected chi connectivity index (χ3v) is 13.8. The standard InChI is InChI=1S/C75H122O6/c1-4-7-10-13-16-19-22-25-28-30-32-34-36-37-39-40-42-44-47-50-53-56-59-62-65-68-74(77)80-71-72(70-79-73(76)67-64-61-58-55-52-49-46-27-24-21-18-15-12-9-6-3)81-75(78)69-66-63-60-57-54-51-48-45-43-41-38-35-33-31-29-26-23-20-17-14-11-8-5-2/h7-8,10-11,16-17,19-20,25-26,28-29,32-35,37,39,41,43,48,51,57,60,72H,4-6,9,12-15,18,21-24,27,30-31,36,38,40,42,44-47,49-50,52-56,58-59,61-71H2,1-3H3/b10-7-,11-8-,19-16-,20-17-,28-25-,29-26-,34-32-,35-33-,39-37-,43-41-,51-48-,60-57-. The van der Waals surface area contributed by atoms with Crippen LogP contribution >= 0.6 is 0 Å². The third-order valence-electron chi connectivity index (χ3n) is 13.8. The zero-order valence-corrected chi connectivity index (χ0v) is 52.5. The van der Waals surface area contributed by atoms with Gasteiger partial charge >= 0.3 is 17.9 Å². The van der Waals surface area contributed by atoms with Gasteiger partial charge < -0.3 is 14.2 Å². The number of carbonyl (C=O) groups excluding carboxylic acids is 3. The molecule has 1 unspecified atom stereocenters. The van der Waals surface area contributed by atoms with Crippen LogP contribution in [0.2, 0.25) is 0 Å². The highest BCUT2D eigenvalue weighted by molar-refractivity contribution is 5.71. The van der Waals surface area contributed by atoms with Crippen LogP contribution in [0.4, 0.5) is 0 Å². The molecule has 0 aromatic rings. The highest BCUT2D eigenvalue weighted by Crippen LogP contribution is 2.16. The molecule has 0 aliphatic rings. The van der Waals surface area contributed by atoms with Crippen molar-refractivity contribution in [1.29, 1.82) is 0 Å². The monoisotopic (exact) mass is 1120 g/mol. The van der Waals surface area contributed by atoms with Gasteiger partial charge in [-0.1, -0.05) is 301 Å². The Hall–Kier alpha value is -4.71. The van der Waals surface area contributed by atoms with Crippen molar-refractivity contribution in [3.63, 3.8) is 0 Å². The molecule has 0 aliphatic heterocycles. The molecular weight excluding hydrogens is 997 g/mol. The Balaban J connectivity index is 4.48. The van der Waals surface area contributed by atoms with Crippen LogP contribution in [-0.4, -0.2) is 37.2 Å². The molecular formula is C75H122O6. The van der Waals surface area contributed by atoms with Crippen molar-refractivity contribution in [2.24, 2.45) is 0 Å². The molecule has 6 heteroatoms. The zero-order chi connectivity index (χ0) is 58.5. The average Bonchev–Trinajstić information content (AvgIpc) is 3.47. The molecule has 0 saturated heterocycles. The number of ether oxygens (including phenoxy) is 3. The van der Waals surface area contributed by atoms with Crippen LogP contribution in [0.1, 0.15) is 290 Å². The lowest BCUT2D eigenvalue weighted by Crippen LogP contribution is -2.30. The number of carbonyl (C=O) groups is 3. The van der Waals surface area contributed by atoms with Crippen LogP contribution in [-0.2, 0) is 28.6 Å². The molecule has 0 amide bonds. The maximum Gasteiger partial charge on any atom is 0.306 e. The Kier molecular flexibility index (Phi) is 63.9. The first kappa shape index (κ1) is 76.3. The van der Waals surface area contributed by atoms with Gasteiger partial charge in [0.2, 0.25) is 0 Å². The van der Waals surface area contributed by atoms with Crippen molar-refractivity contribution in [3.05, 3.63) is 146 Å². The maximum atomic E-state index is 12.9. The van der Waals surface area contributed by atoms with E-state index in [0.717, 1.165) is 128 Å². The summed E-state index contributed by atoms with van der Waals surface area (Å²) in [7, 11) is 0. The number of hydrogen-bond acceptors (Lipinski definition) is 6. The van der Waals surface area contributed by atoms with Crippen LogP contribution in [0.25, 0.3) is 0 Å². The lowest BCUT2D eigenvalue weighted by molar-refractivity contribution is -0.167. The summed E-state index contributed by atoms with van der Waals surface area (Å²) in [5, 5.41) is 0. The van der Waals surface area contributed by atoms with Crippen molar-refractivity contribution >= 4 is 17.9 Å². The molecule has 0 rings (SSSR count). The van der Waals surface area contributed by atoms with Crippen LogP contribution in [0, 0.1) is 0 Å². The Morgan fingerprint density at radius 1 is 0.259 bits per heavy atom. The fraction of sp³-hybridized carbons (Fsp3) is 0.640. The van der Waals surface area contributed by atoms with Gasteiger partial charge in [0.25, 0.3) is 0 Å². The Bertz CT molecular complexity index is 1760. The molecule has 0 fully saturated rings. The van der Waals surface area contributed by atoms with Gasteiger partial charge in [0.05, 0.1) is 0 Å². The molecule has 0 spiro atoms. The van der Waals surface area contributed by atoms with Crippen molar-refractivity contribution < 1.29 is 28.6 Å². The summed E-state index contributed by atoms with van der Waals surface area (Å²) in [5.74, 6) is -0.967. The van der Waals surface area contributed by atoms with Crippen molar-refractivity contribution in [3.8, 4) is 0 Å². The SMILES string of the molecule is CC/C=C\C/C=C\C/C=C\C/C=C\C/C=C\C/C=C\C/C=C\CCCC(=O)OC(COC(=O)CCCCCCCCCCC/C=C\C/C=C\C/C=C\C/C=C\C/C=C\CC)COC(=O)CCCCCCCCCCCCCCCCC. The van der Waals surface area contributed by atoms with E-state index in [1.807, 2.05) is 0 Å². The second-order valence-corrected chi connectivity index (χ2v) is 21.6. The number of rotatable bonds is 59. The fourth-order valence-corrected chi connectivity index (χ4v) is 8.93. The molecule has 81 heavy (non-hydrogen) atoms. The smallest absolute Gasteiger partial charge is 0.306 e. The lowest BCUT2D eigenvalue weighted by Gasteiger charge is -2.18. The van der Waals surface area contributed by atoms with Gasteiger partial charge in [0.15, 0.2) is 6.10 Å². The molecule has 0 aliphatic carbocycles. The Morgan fingerprint density at radius 3 is 0.790 bits per heavy atom. The van der Waals surface area contributed by atoms with E-state index in [9.17, 15) is 14.4 Å². The van der Waals surface area contributed by atoms with Gasteiger partial charge in [-0.3, -0.25) is 14.4 Å². The summed E-state index contributed by atoms with van der Waals surface area (Å²) in [6.07, 6.45) is 97.1. The van der Waals surface area contributed by atoms with Crippen LogP contribution < -0.4 is 0 Å². The highest BCUT2D eigenvalue weighted by Gasteiger charge is 2.19. The minimum absolute atomic E-state index is 0.105. The number of allylic oxidation sites excluding steroid dienone is 24. The topological polar surface area (TPSA) is 78.9 Å². The zero-order valence-electron chi connectivity index (χ0n) is 52.5. The molecule has 1 atom stereocenters. The van der Waals surface area contributed by atoms with Gasteiger partial charge in [-0.2, -0.15) is 0 Å². The number of esters is 3. The molecule has 0 N–H and O–H groups in total. The predicted molar refractivity (Wildman–Crippen MR) is 352 cm³/mol. The summed E-state index contributed by atoms with van der Waals surface area (Å²) in [5.41, 5.74) is 0. The van der Waals surface area contributed by atoms with Crippen molar-refractivity contribution in [1.82, 2.24) is 0 Å². The second kappa shape index (κ2) is 67.8. The largest absolute Gasteiger partial charge is 0.462 e. The van der Waals surface area contributed by atoms with Crippen molar-refractivity contribution in [2.45, 2.75) is 297 Å². The van der Waals surface area contributed by atoms with E-state index in [-0.39, 0.29) is 37.5 Å². The first-order chi connectivity index (χ1) is 40.0. The highest BCUT2D eigenvalue weighted by atomic mass is 16.6. The minimum atomic E-state index is -0.817. The Labute approximate surface area is 499 Å². The Morgan fingerprint density at radius 2 is 0.494 bits per heavy atom. The van der Waals surface area contributed by atoms with E-state index in [0.29, 0.717) is 19.3 Å². The molecule has 0 heterocycles. The first-order valence-corrected chi connectivity index (χ1v) is 33.3. The first-order valence-electron chi connectivity index (χ1n) is 33.3. The van der Waals surface area contributed by atoms with Crippen LogP contribution in [0.5, 0.6) is 0 Å². The van der Waals surface area contributed by atoms with Gasteiger partial charge in [-0.25, -0.2) is 0 Å². The minimum Gasteiger partial charge on any atom is -0.462 e. The van der Waals surface area contributed by atoms with E-state index < -0.39 is 6.10 Å². The average molecular weight is 1120 g/mol. The van der Waals surface area contributed by atoms with Gasteiger partial charge in [-0.05, 0) is 116 Å². The summed E-state index contributed by atoms with van der Waals surface area (Å²) >= 11 is 0. The predicted octanol–water partition coefficient (Wildman–Crippen LogP) is 23.1. The molecule has 0 saturated carbocycles. The number of unbranched alkanes of at least 4 members (excludes halogenated alkanes) is 24. The van der Waals surface area contributed by atoms with Crippen LogP contribution in [0.3, 0.4) is 0 Å². The molecule has 458 valence electrons. The van der Waals surface area contributed by atoms with Gasteiger partial charge in [0.1, 0.15) is 13.2 Å². The van der Waals surface area contributed by atoms with E-state index >= 15 is 0 Å². The van der Waals surface area contributed by atoms with E-state index in [4.69, 9.17) is 14.2 Å². The van der Waals surface area contributed by atoms with E-state index in [1.165, 1.54) is 116 Å². The summed E-state index contributed by atoms with van der Waals surface area (Å²) in [4.78, 5) is 38.4. The summed E-state index contributed by atoms with van der Waals surface area (Å²) in [6.45, 7) is 6.38. The normalized spacial score (nSPS) is 13.1. The molecule has 0 aromatic carbocycles. The molecule has 0 aromatic heterocycles. The third kappa shape index (κ3) is 66.0.